The minimum absolute atomic E-state index is 0.0470. The predicted octanol–water partition coefficient (Wildman–Crippen LogP) is 15.4. The Kier molecular flexibility index (Phi) is 7.36. The van der Waals surface area contributed by atoms with Crippen LogP contribution in [0.2, 0.25) is 0 Å². The van der Waals surface area contributed by atoms with E-state index in [2.05, 4.69) is 45.5 Å². The van der Waals surface area contributed by atoms with Crippen LogP contribution in [0.3, 0.4) is 0 Å². The van der Waals surface area contributed by atoms with E-state index in [1.165, 1.54) is 0 Å². The van der Waals surface area contributed by atoms with Crippen molar-refractivity contribution in [2.24, 2.45) is 0 Å². The van der Waals surface area contributed by atoms with Crippen molar-refractivity contribution < 1.29 is 13.2 Å². The fourth-order valence-electron chi connectivity index (χ4n) is 10.7. The van der Waals surface area contributed by atoms with Gasteiger partial charge in [0.15, 0.2) is 0 Å². The Balaban J connectivity index is 1.40. The van der Waals surface area contributed by atoms with E-state index in [1.807, 2.05) is 174 Å². The molecular formula is C56H35F3N4. The summed E-state index contributed by atoms with van der Waals surface area (Å²) in [6.07, 6.45) is -4.86. The average molecular weight is 821 g/mol. The highest BCUT2D eigenvalue weighted by molar-refractivity contribution is 6.15. The first-order valence-electron chi connectivity index (χ1n) is 21.1. The number of hydrogen-bond acceptors (Lipinski definition) is 0. The Morgan fingerprint density at radius 3 is 0.730 bits per heavy atom. The van der Waals surface area contributed by atoms with Crippen molar-refractivity contribution in [2.75, 3.05) is 0 Å². The van der Waals surface area contributed by atoms with Crippen molar-refractivity contribution in [3.8, 4) is 22.7 Å². The molecule has 0 aliphatic heterocycles. The van der Waals surface area contributed by atoms with E-state index >= 15 is 13.2 Å². The van der Waals surface area contributed by atoms with Crippen molar-refractivity contribution in [3.63, 3.8) is 0 Å². The lowest BCUT2D eigenvalue weighted by Gasteiger charge is -2.30. The van der Waals surface area contributed by atoms with Gasteiger partial charge >= 0.3 is 6.18 Å². The van der Waals surface area contributed by atoms with E-state index in [0.29, 0.717) is 39.0 Å². The normalized spacial score (nSPS) is 12.4. The van der Waals surface area contributed by atoms with E-state index < -0.39 is 11.7 Å². The first-order valence-corrected chi connectivity index (χ1v) is 21.1. The molecule has 63 heavy (non-hydrogen) atoms. The molecule has 0 bridgehead atoms. The molecule has 4 aromatic heterocycles. The van der Waals surface area contributed by atoms with Gasteiger partial charge in [0, 0.05) is 48.7 Å². The Bertz CT molecular complexity index is 3830. The summed E-state index contributed by atoms with van der Waals surface area (Å²) in [6, 6.07) is 63.9. The summed E-state index contributed by atoms with van der Waals surface area (Å²) in [4.78, 5) is 0. The third-order valence-corrected chi connectivity index (χ3v) is 13.1. The Hall–Kier alpha value is -8.03. The van der Waals surface area contributed by atoms with Crippen LogP contribution in [0, 0.1) is 6.92 Å². The Morgan fingerprint density at radius 1 is 0.270 bits per heavy atom. The molecule has 9 aromatic carbocycles. The van der Waals surface area contributed by atoms with Gasteiger partial charge < -0.3 is 18.3 Å². The first kappa shape index (κ1) is 35.7. The topological polar surface area (TPSA) is 19.7 Å². The van der Waals surface area contributed by atoms with Crippen LogP contribution in [0.5, 0.6) is 0 Å². The monoisotopic (exact) mass is 820 g/mol. The highest BCUT2D eigenvalue weighted by Crippen LogP contribution is 2.52. The van der Waals surface area contributed by atoms with E-state index in [0.717, 1.165) is 65.2 Å². The number of benzene rings is 9. The largest absolute Gasteiger partial charge is 0.420 e. The summed E-state index contributed by atoms with van der Waals surface area (Å²) >= 11 is 0. The van der Waals surface area contributed by atoms with E-state index in [1.54, 1.807) is 0 Å². The van der Waals surface area contributed by atoms with Gasteiger partial charge in [-0.25, -0.2) is 0 Å². The summed E-state index contributed by atoms with van der Waals surface area (Å²) in [5, 5.41) is 7.42. The van der Waals surface area contributed by atoms with Crippen molar-refractivity contribution >= 4 is 87.2 Å². The van der Waals surface area contributed by atoms with Crippen molar-refractivity contribution in [2.45, 2.75) is 13.1 Å². The van der Waals surface area contributed by atoms with Crippen molar-refractivity contribution in [3.05, 3.63) is 205 Å². The molecule has 0 aliphatic carbocycles. The standard InChI is InChI=1S/C56H35F3N4/c1-34-52(60-43-26-10-2-18-35(43)36-19-3-11-27-44(36)60)51(56(57,58)59)54(62-47-30-14-6-22-39(47)40-23-7-15-31-48(40)62)55(63-49-32-16-8-24-41(49)42-25-9-17-33-50(42)63)53(34)61-45-28-12-4-20-37(45)38-21-5-13-29-46(38)61/h2-33H,1H3. The number of fused-ring (bicyclic) bond motifs is 12. The lowest BCUT2D eigenvalue weighted by Crippen LogP contribution is -2.22. The molecule has 13 aromatic rings. The molecule has 0 amide bonds. The van der Waals surface area contributed by atoms with Gasteiger partial charge in [-0.3, -0.25) is 0 Å². The zero-order valence-corrected chi connectivity index (χ0v) is 33.9. The van der Waals surface area contributed by atoms with E-state index in [4.69, 9.17) is 0 Å². The van der Waals surface area contributed by atoms with Gasteiger partial charge in [-0.2, -0.15) is 13.2 Å². The van der Waals surface area contributed by atoms with Crippen LogP contribution in [0.4, 0.5) is 13.2 Å². The van der Waals surface area contributed by atoms with Gasteiger partial charge in [-0.05, 0) is 55.5 Å². The van der Waals surface area contributed by atoms with Gasteiger partial charge in [0.2, 0.25) is 0 Å². The molecule has 4 heterocycles. The van der Waals surface area contributed by atoms with Gasteiger partial charge in [0.05, 0.1) is 66.9 Å². The highest BCUT2D eigenvalue weighted by atomic mass is 19.4. The second kappa shape index (κ2) is 13.0. The van der Waals surface area contributed by atoms with Gasteiger partial charge in [0.25, 0.3) is 0 Å². The molecule has 0 spiro atoms. The van der Waals surface area contributed by atoms with Crippen LogP contribution < -0.4 is 0 Å². The number of para-hydroxylation sites is 8. The smallest absolute Gasteiger partial charge is 0.308 e. The number of aromatic nitrogens is 4. The van der Waals surface area contributed by atoms with Gasteiger partial charge in [0.1, 0.15) is 5.56 Å². The molecule has 0 radical (unpaired) electrons. The van der Waals surface area contributed by atoms with Gasteiger partial charge in [-0.1, -0.05) is 146 Å². The number of hydrogen-bond donors (Lipinski definition) is 0. The molecule has 0 N–H and O–H groups in total. The maximum absolute atomic E-state index is 17.5. The van der Waals surface area contributed by atoms with E-state index in [9.17, 15) is 0 Å². The fraction of sp³-hybridized carbons (Fsp3) is 0.0357. The molecule has 13 rings (SSSR count). The van der Waals surface area contributed by atoms with Crippen LogP contribution in [0.25, 0.3) is 110 Å². The lowest BCUT2D eigenvalue weighted by atomic mass is 9.97. The van der Waals surface area contributed by atoms with Crippen LogP contribution >= 0.6 is 0 Å². The summed E-state index contributed by atoms with van der Waals surface area (Å²) < 4.78 is 60.5. The summed E-state index contributed by atoms with van der Waals surface area (Å²) in [6.45, 7) is 1.89. The molecule has 0 atom stereocenters. The Morgan fingerprint density at radius 2 is 0.476 bits per heavy atom. The highest BCUT2D eigenvalue weighted by Gasteiger charge is 2.44. The molecule has 0 aliphatic rings. The number of rotatable bonds is 4. The molecule has 300 valence electrons. The van der Waals surface area contributed by atoms with E-state index in [-0.39, 0.29) is 11.4 Å². The third kappa shape index (κ3) is 4.82. The minimum atomic E-state index is -4.86. The lowest BCUT2D eigenvalue weighted by molar-refractivity contribution is -0.137. The quantitative estimate of drug-likeness (QED) is 0.169. The van der Waals surface area contributed by atoms with Crippen LogP contribution in [-0.2, 0) is 6.18 Å². The second-order valence-electron chi connectivity index (χ2n) is 16.4. The Labute approximate surface area is 358 Å². The molecule has 4 nitrogen and oxygen atoms in total. The van der Waals surface area contributed by atoms with Gasteiger partial charge in [-0.15, -0.1) is 0 Å². The SMILES string of the molecule is Cc1c(-n2c3ccccc3c3ccccc32)c(-n2c3ccccc3c3ccccc32)c(-n2c3ccccc3c3ccccc32)c(C(F)(F)F)c1-n1c2ccccc2c2ccccc21. The fourth-order valence-corrected chi connectivity index (χ4v) is 10.7. The zero-order valence-electron chi connectivity index (χ0n) is 33.9. The summed E-state index contributed by atoms with van der Waals surface area (Å²) in [5.41, 5.74) is 7.12. The predicted molar refractivity (Wildman–Crippen MR) is 254 cm³/mol. The number of halogens is 3. The van der Waals surface area contributed by atoms with Crippen LogP contribution in [0.15, 0.2) is 194 Å². The molecule has 0 unspecified atom stereocenters. The van der Waals surface area contributed by atoms with Crippen LogP contribution in [-0.4, -0.2) is 18.3 Å². The molecule has 7 heteroatoms. The zero-order chi connectivity index (χ0) is 42.1. The first-order chi connectivity index (χ1) is 30.9. The maximum atomic E-state index is 17.5. The van der Waals surface area contributed by atoms with Crippen molar-refractivity contribution in [1.82, 2.24) is 18.3 Å². The number of nitrogens with zero attached hydrogens (tertiary/aromatic N) is 4. The maximum Gasteiger partial charge on any atom is 0.420 e. The minimum Gasteiger partial charge on any atom is -0.308 e. The summed E-state index contributed by atoms with van der Waals surface area (Å²) in [7, 11) is 0. The van der Waals surface area contributed by atoms with Crippen molar-refractivity contribution in [1.29, 1.82) is 0 Å². The average Bonchev–Trinajstić information content (AvgIpc) is 4.04. The molecule has 0 fully saturated rings. The third-order valence-electron chi connectivity index (χ3n) is 13.1. The summed E-state index contributed by atoms with van der Waals surface area (Å²) in [5.74, 6) is 0. The number of alkyl halides is 3. The molecule has 0 saturated carbocycles. The molecule has 0 saturated heterocycles. The second-order valence-corrected chi connectivity index (χ2v) is 16.4. The molecular weight excluding hydrogens is 786 g/mol. The van der Waals surface area contributed by atoms with Crippen LogP contribution in [0.1, 0.15) is 11.1 Å².